The Bertz CT molecular complexity index is 1220. The summed E-state index contributed by atoms with van der Waals surface area (Å²) >= 11 is 5.97. The second-order valence-corrected chi connectivity index (χ2v) is 6.72. The lowest BCUT2D eigenvalue weighted by atomic mass is 10.0. The van der Waals surface area contributed by atoms with E-state index in [-0.39, 0.29) is 5.78 Å². The molecular formula is C22H15ClO4. The van der Waals surface area contributed by atoms with Crippen LogP contribution in [-0.2, 0) is 0 Å². The van der Waals surface area contributed by atoms with Crippen LogP contribution in [0.5, 0.6) is 5.75 Å². The number of ketones is 1. The molecule has 0 saturated heterocycles. The first-order chi connectivity index (χ1) is 13.0. The lowest BCUT2D eigenvalue weighted by Gasteiger charge is -2.09. The number of ether oxygens (including phenoxy) is 1. The van der Waals surface area contributed by atoms with E-state index < -0.39 is 5.97 Å². The zero-order valence-electron chi connectivity index (χ0n) is 14.7. The first-order valence-electron chi connectivity index (χ1n) is 8.39. The molecule has 0 radical (unpaired) electrons. The predicted molar refractivity (Wildman–Crippen MR) is 105 cm³/mol. The number of carbonyl (C=O) groups excluding carboxylic acids is 2. The van der Waals surface area contributed by atoms with Gasteiger partial charge in [0.1, 0.15) is 17.1 Å². The number of furan rings is 1. The summed E-state index contributed by atoms with van der Waals surface area (Å²) in [4.78, 5) is 24.7. The summed E-state index contributed by atoms with van der Waals surface area (Å²) in [5.74, 6) is 0.285. The van der Waals surface area contributed by atoms with Crippen LogP contribution in [0, 0.1) is 6.92 Å². The molecule has 5 heteroatoms. The number of carbonyl (C=O) groups is 2. The SMILES string of the molecule is CC(=O)c1c(C)oc2c1cc(OC(=O)c1cccc(Cl)c1)c1ccccc12. The molecule has 3 aromatic carbocycles. The second-order valence-electron chi connectivity index (χ2n) is 6.29. The Kier molecular flexibility index (Phi) is 4.21. The van der Waals surface area contributed by atoms with Crippen LogP contribution in [0.15, 0.2) is 59.0 Å². The van der Waals surface area contributed by atoms with Crippen molar-refractivity contribution in [2.24, 2.45) is 0 Å². The minimum atomic E-state index is -0.522. The van der Waals surface area contributed by atoms with E-state index in [1.54, 1.807) is 37.3 Å². The summed E-state index contributed by atoms with van der Waals surface area (Å²) in [6, 6.07) is 15.7. The molecule has 0 spiro atoms. The highest BCUT2D eigenvalue weighted by Gasteiger charge is 2.20. The van der Waals surface area contributed by atoms with E-state index in [9.17, 15) is 9.59 Å². The number of hydrogen-bond acceptors (Lipinski definition) is 4. The third-order valence-corrected chi connectivity index (χ3v) is 4.68. The van der Waals surface area contributed by atoms with E-state index in [2.05, 4.69) is 0 Å². The number of rotatable bonds is 3. The van der Waals surface area contributed by atoms with Gasteiger partial charge in [0, 0.05) is 21.2 Å². The topological polar surface area (TPSA) is 56.5 Å². The Balaban J connectivity index is 1.92. The first-order valence-corrected chi connectivity index (χ1v) is 8.77. The number of esters is 1. The molecule has 4 aromatic rings. The summed E-state index contributed by atoms with van der Waals surface area (Å²) in [6.45, 7) is 3.24. The molecule has 1 heterocycles. The minimum absolute atomic E-state index is 0.103. The number of hydrogen-bond donors (Lipinski definition) is 0. The fourth-order valence-corrected chi connectivity index (χ4v) is 3.49. The van der Waals surface area contributed by atoms with Crippen molar-refractivity contribution in [2.75, 3.05) is 0 Å². The molecule has 4 rings (SSSR count). The molecule has 4 nitrogen and oxygen atoms in total. The fraction of sp³-hybridized carbons (Fsp3) is 0.0909. The van der Waals surface area contributed by atoms with Gasteiger partial charge in [0.2, 0.25) is 0 Å². The van der Waals surface area contributed by atoms with Crippen LogP contribution < -0.4 is 4.74 Å². The molecular weight excluding hydrogens is 364 g/mol. The number of halogens is 1. The van der Waals surface area contributed by atoms with Gasteiger partial charge in [-0.1, -0.05) is 41.9 Å². The van der Waals surface area contributed by atoms with Gasteiger partial charge < -0.3 is 9.15 Å². The average molecular weight is 379 g/mol. The van der Waals surface area contributed by atoms with Crippen LogP contribution in [0.3, 0.4) is 0 Å². The Hall–Kier alpha value is -3.11. The maximum atomic E-state index is 12.6. The summed E-state index contributed by atoms with van der Waals surface area (Å²) in [7, 11) is 0. The lowest BCUT2D eigenvalue weighted by Crippen LogP contribution is -2.08. The third kappa shape index (κ3) is 2.98. The number of aryl methyl sites for hydroxylation is 1. The standard InChI is InChI=1S/C22H15ClO4/c1-12(24)20-13(2)26-21-17-9-4-3-8-16(17)19(11-18(20)21)27-22(25)14-6-5-7-15(23)10-14/h3-11H,1-2H3. The average Bonchev–Trinajstić information content (AvgIpc) is 2.98. The van der Waals surface area contributed by atoms with E-state index in [0.29, 0.717) is 38.6 Å². The predicted octanol–water partition coefficient (Wildman–Crippen LogP) is 5.97. The van der Waals surface area contributed by atoms with Gasteiger partial charge in [0.05, 0.1) is 11.1 Å². The van der Waals surface area contributed by atoms with Gasteiger partial charge in [0.25, 0.3) is 0 Å². The molecule has 0 unspecified atom stereocenters. The lowest BCUT2D eigenvalue weighted by molar-refractivity contribution is 0.0737. The Labute approximate surface area is 160 Å². The zero-order chi connectivity index (χ0) is 19.1. The van der Waals surface area contributed by atoms with Gasteiger partial charge in [0.15, 0.2) is 5.78 Å². The van der Waals surface area contributed by atoms with E-state index in [0.717, 1.165) is 10.8 Å². The summed E-state index contributed by atoms with van der Waals surface area (Å²) < 4.78 is 11.5. The maximum Gasteiger partial charge on any atom is 0.343 e. The minimum Gasteiger partial charge on any atom is -0.460 e. The molecule has 1 aromatic heterocycles. The normalized spacial score (nSPS) is 11.1. The molecule has 0 fully saturated rings. The Morgan fingerprint density at radius 1 is 0.963 bits per heavy atom. The van der Waals surface area contributed by atoms with Gasteiger partial charge in [-0.25, -0.2) is 4.79 Å². The van der Waals surface area contributed by atoms with Crippen LogP contribution >= 0.6 is 11.6 Å². The molecule has 0 amide bonds. The molecule has 0 aliphatic heterocycles. The van der Waals surface area contributed by atoms with Crippen molar-refractivity contribution in [2.45, 2.75) is 13.8 Å². The van der Waals surface area contributed by atoms with Gasteiger partial charge >= 0.3 is 5.97 Å². The highest BCUT2D eigenvalue weighted by Crippen LogP contribution is 2.38. The van der Waals surface area contributed by atoms with Crippen LogP contribution in [-0.4, -0.2) is 11.8 Å². The van der Waals surface area contributed by atoms with E-state index in [1.807, 2.05) is 24.3 Å². The van der Waals surface area contributed by atoms with Crippen molar-refractivity contribution in [1.82, 2.24) is 0 Å². The first kappa shape index (κ1) is 17.3. The summed E-state index contributed by atoms with van der Waals surface area (Å²) in [6.07, 6.45) is 0. The van der Waals surface area contributed by atoms with Crippen LogP contribution in [0.1, 0.15) is 33.4 Å². The molecule has 0 N–H and O–H groups in total. The fourth-order valence-electron chi connectivity index (χ4n) is 3.30. The Morgan fingerprint density at radius 3 is 2.41 bits per heavy atom. The van der Waals surface area contributed by atoms with Crippen LogP contribution in [0.2, 0.25) is 5.02 Å². The smallest absolute Gasteiger partial charge is 0.343 e. The van der Waals surface area contributed by atoms with Crippen molar-refractivity contribution >= 4 is 45.1 Å². The van der Waals surface area contributed by atoms with E-state index in [4.69, 9.17) is 20.8 Å². The molecule has 0 aliphatic carbocycles. The van der Waals surface area contributed by atoms with Gasteiger partial charge in [-0.2, -0.15) is 0 Å². The highest BCUT2D eigenvalue weighted by atomic mass is 35.5. The molecule has 0 aliphatic rings. The monoisotopic (exact) mass is 378 g/mol. The molecule has 0 atom stereocenters. The second kappa shape index (κ2) is 6.56. The highest BCUT2D eigenvalue weighted by molar-refractivity contribution is 6.31. The molecule has 27 heavy (non-hydrogen) atoms. The van der Waals surface area contributed by atoms with Gasteiger partial charge in [-0.05, 0) is 38.1 Å². The molecule has 0 saturated carbocycles. The molecule has 0 bridgehead atoms. The number of benzene rings is 3. The van der Waals surface area contributed by atoms with Crippen LogP contribution in [0.25, 0.3) is 21.7 Å². The zero-order valence-corrected chi connectivity index (χ0v) is 15.5. The van der Waals surface area contributed by atoms with Crippen molar-refractivity contribution in [3.63, 3.8) is 0 Å². The largest absolute Gasteiger partial charge is 0.460 e. The molecule has 134 valence electrons. The maximum absolute atomic E-state index is 12.6. The Morgan fingerprint density at radius 2 is 1.70 bits per heavy atom. The van der Waals surface area contributed by atoms with Gasteiger partial charge in [-0.15, -0.1) is 0 Å². The summed E-state index contributed by atoms with van der Waals surface area (Å²) in [5.41, 5.74) is 1.45. The summed E-state index contributed by atoms with van der Waals surface area (Å²) in [5, 5.41) is 2.59. The van der Waals surface area contributed by atoms with Crippen molar-refractivity contribution in [3.05, 3.63) is 76.5 Å². The van der Waals surface area contributed by atoms with Crippen molar-refractivity contribution < 1.29 is 18.7 Å². The van der Waals surface area contributed by atoms with Crippen molar-refractivity contribution in [1.29, 1.82) is 0 Å². The van der Waals surface area contributed by atoms with E-state index in [1.165, 1.54) is 6.92 Å². The van der Waals surface area contributed by atoms with Gasteiger partial charge in [-0.3, -0.25) is 4.79 Å². The number of fused-ring (bicyclic) bond motifs is 3. The number of Topliss-reactive ketones (excluding diaryl/α,β-unsaturated/α-hetero) is 1. The van der Waals surface area contributed by atoms with E-state index >= 15 is 0 Å². The van der Waals surface area contributed by atoms with Crippen LogP contribution in [0.4, 0.5) is 0 Å². The third-order valence-electron chi connectivity index (χ3n) is 4.45. The van der Waals surface area contributed by atoms with Crippen molar-refractivity contribution in [3.8, 4) is 5.75 Å². The quantitative estimate of drug-likeness (QED) is 0.250.